The molecule has 0 aliphatic heterocycles. The van der Waals surface area contributed by atoms with Gasteiger partial charge in [-0.25, -0.2) is 9.07 Å². The Hall–Kier alpha value is -2.08. The Labute approximate surface area is 124 Å². The van der Waals surface area contributed by atoms with E-state index >= 15 is 0 Å². The number of nitrogens with zero attached hydrogens (tertiary/aromatic N) is 3. The van der Waals surface area contributed by atoms with E-state index in [1.165, 1.54) is 12.1 Å². The van der Waals surface area contributed by atoms with Crippen LogP contribution in [0.3, 0.4) is 0 Å². The largest absolute Gasteiger partial charge is 0.408 e. The number of alkyl halides is 3. The molecule has 0 unspecified atom stereocenters. The maximum Gasteiger partial charge on any atom is 0.408 e. The third kappa shape index (κ3) is 3.16. The molecule has 0 spiro atoms. The molecule has 0 saturated heterocycles. The van der Waals surface area contributed by atoms with E-state index in [0.29, 0.717) is 4.68 Å². The molecule has 0 bridgehead atoms. The Kier molecular flexibility index (Phi) is 3.91. The Morgan fingerprint density at radius 1 is 1.38 bits per heavy atom. The van der Waals surface area contributed by atoms with Crippen LogP contribution < -0.4 is 5.73 Å². The average molecular weight is 363 g/mol. The van der Waals surface area contributed by atoms with Gasteiger partial charge in [0.15, 0.2) is 0 Å². The van der Waals surface area contributed by atoms with Gasteiger partial charge in [-0.15, -0.1) is 0 Å². The van der Waals surface area contributed by atoms with Crippen molar-refractivity contribution in [2.45, 2.75) is 12.7 Å². The smallest absolute Gasteiger partial charge is 0.383 e. The number of halogens is 5. The number of hydrogen-bond donors (Lipinski definition) is 1. The van der Waals surface area contributed by atoms with Crippen molar-refractivity contribution in [3.8, 4) is 17.3 Å². The van der Waals surface area contributed by atoms with Gasteiger partial charge in [0.05, 0.1) is 4.47 Å². The van der Waals surface area contributed by atoms with Crippen LogP contribution in [0, 0.1) is 17.1 Å². The molecular weight excluding hydrogens is 356 g/mol. The standard InChI is InChI=1S/C12H7BrF4N4/c13-8-2-1-6(3-9(8)14)10-7(4-18)11(19)21(20-10)5-12(15,16)17/h1-3H,5,19H2. The van der Waals surface area contributed by atoms with Crippen molar-refractivity contribution in [1.29, 1.82) is 5.26 Å². The molecular formula is C12H7BrF4N4. The van der Waals surface area contributed by atoms with E-state index in [-0.39, 0.29) is 21.3 Å². The highest BCUT2D eigenvalue weighted by atomic mass is 79.9. The van der Waals surface area contributed by atoms with Crippen LogP contribution in [-0.4, -0.2) is 16.0 Å². The summed E-state index contributed by atoms with van der Waals surface area (Å²) in [6.45, 7) is -1.42. The molecule has 0 saturated carbocycles. The van der Waals surface area contributed by atoms with Gasteiger partial charge in [0, 0.05) is 5.56 Å². The summed E-state index contributed by atoms with van der Waals surface area (Å²) in [5, 5.41) is 12.7. The first kappa shape index (κ1) is 15.3. The number of aromatic nitrogens is 2. The maximum atomic E-state index is 13.5. The predicted molar refractivity (Wildman–Crippen MR) is 70.5 cm³/mol. The zero-order valence-corrected chi connectivity index (χ0v) is 11.8. The second-order valence-electron chi connectivity index (χ2n) is 4.12. The van der Waals surface area contributed by atoms with Gasteiger partial charge < -0.3 is 5.73 Å². The quantitative estimate of drug-likeness (QED) is 0.831. The van der Waals surface area contributed by atoms with Crippen molar-refractivity contribution >= 4 is 21.7 Å². The van der Waals surface area contributed by atoms with Gasteiger partial charge in [-0.1, -0.05) is 6.07 Å². The minimum absolute atomic E-state index is 0.0920. The van der Waals surface area contributed by atoms with Crippen molar-refractivity contribution in [2.75, 3.05) is 5.73 Å². The van der Waals surface area contributed by atoms with Gasteiger partial charge in [-0.2, -0.15) is 23.5 Å². The molecule has 1 aromatic heterocycles. The van der Waals surface area contributed by atoms with Crippen molar-refractivity contribution in [3.05, 3.63) is 34.1 Å². The van der Waals surface area contributed by atoms with Crippen molar-refractivity contribution < 1.29 is 17.6 Å². The lowest BCUT2D eigenvalue weighted by Gasteiger charge is -2.07. The fourth-order valence-corrected chi connectivity index (χ4v) is 1.97. The van der Waals surface area contributed by atoms with Crippen LogP contribution in [0.4, 0.5) is 23.4 Å². The predicted octanol–water partition coefficient (Wildman–Crippen LogP) is 3.47. The molecule has 2 rings (SSSR count). The van der Waals surface area contributed by atoms with Gasteiger partial charge in [0.2, 0.25) is 0 Å². The van der Waals surface area contributed by atoms with E-state index < -0.39 is 24.4 Å². The Morgan fingerprint density at radius 3 is 2.57 bits per heavy atom. The number of nitrogens with two attached hydrogens (primary N) is 1. The summed E-state index contributed by atoms with van der Waals surface area (Å²) in [4.78, 5) is 0. The highest BCUT2D eigenvalue weighted by molar-refractivity contribution is 9.10. The summed E-state index contributed by atoms with van der Waals surface area (Å²) >= 11 is 2.96. The lowest BCUT2D eigenvalue weighted by molar-refractivity contribution is -0.142. The first-order valence-corrected chi connectivity index (χ1v) is 6.31. The van der Waals surface area contributed by atoms with E-state index in [9.17, 15) is 17.6 Å². The first-order chi connectivity index (χ1) is 9.73. The fraction of sp³-hybridized carbons (Fsp3) is 0.167. The summed E-state index contributed by atoms with van der Waals surface area (Å²) in [6.07, 6.45) is -4.53. The van der Waals surface area contributed by atoms with E-state index in [1.807, 2.05) is 0 Å². The summed E-state index contributed by atoms with van der Waals surface area (Å²) < 4.78 is 51.4. The molecule has 0 radical (unpaired) electrons. The highest BCUT2D eigenvalue weighted by Crippen LogP contribution is 2.30. The summed E-state index contributed by atoms with van der Waals surface area (Å²) in [6, 6.07) is 5.54. The molecule has 2 aromatic rings. The van der Waals surface area contributed by atoms with Crippen LogP contribution in [0.25, 0.3) is 11.3 Å². The summed E-state index contributed by atoms with van der Waals surface area (Å²) in [5.74, 6) is -1.03. The van der Waals surface area contributed by atoms with Crippen LogP contribution in [-0.2, 0) is 6.54 Å². The van der Waals surface area contributed by atoms with Gasteiger partial charge in [-0.05, 0) is 28.1 Å². The molecule has 110 valence electrons. The molecule has 1 aromatic carbocycles. The number of rotatable bonds is 2. The Morgan fingerprint density at radius 2 is 2.05 bits per heavy atom. The second-order valence-corrected chi connectivity index (χ2v) is 4.98. The Bertz CT molecular complexity index is 730. The van der Waals surface area contributed by atoms with E-state index in [2.05, 4.69) is 21.0 Å². The van der Waals surface area contributed by atoms with E-state index in [0.717, 1.165) is 6.07 Å². The minimum atomic E-state index is -4.53. The van der Waals surface area contributed by atoms with E-state index in [4.69, 9.17) is 11.0 Å². The fourth-order valence-electron chi connectivity index (χ4n) is 1.72. The van der Waals surface area contributed by atoms with E-state index in [1.54, 1.807) is 6.07 Å². The van der Waals surface area contributed by atoms with Crippen molar-refractivity contribution in [2.24, 2.45) is 0 Å². The average Bonchev–Trinajstić information content (AvgIpc) is 2.68. The number of hydrogen-bond acceptors (Lipinski definition) is 3. The molecule has 1 heterocycles. The number of nitriles is 1. The molecule has 0 aliphatic carbocycles. The highest BCUT2D eigenvalue weighted by Gasteiger charge is 2.31. The van der Waals surface area contributed by atoms with Gasteiger partial charge >= 0.3 is 6.18 Å². The Balaban J connectivity index is 2.56. The lowest BCUT2D eigenvalue weighted by atomic mass is 10.1. The van der Waals surface area contributed by atoms with Crippen LogP contribution >= 0.6 is 15.9 Å². The van der Waals surface area contributed by atoms with Crippen LogP contribution in [0.15, 0.2) is 22.7 Å². The minimum Gasteiger partial charge on any atom is -0.383 e. The molecule has 0 atom stereocenters. The molecule has 0 aliphatic rings. The zero-order valence-electron chi connectivity index (χ0n) is 10.2. The van der Waals surface area contributed by atoms with Crippen LogP contribution in [0.5, 0.6) is 0 Å². The molecule has 2 N–H and O–H groups in total. The maximum absolute atomic E-state index is 13.5. The number of benzene rings is 1. The zero-order chi connectivity index (χ0) is 15.8. The summed E-state index contributed by atoms with van der Waals surface area (Å²) in [7, 11) is 0. The molecule has 4 nitrogen and oxygen atoms in total. The third-order valence-corrected chi connectivity index (χ3v) is 3.27. The van der Waals surface area contributed by atoms with Crippen LogP contribution in [0.1, 0.15) is 5.56 Å². The third-order valence-electron chi connectivity index (χ3n) is 2.63. The second kappa shape index (κ2) is 5.37. The lowest BCUT2D eigenvalue weighted by Crippen LogP contribution is -2.20. The van der Waals surface area contributed by atoms with Crippen LogP contribution in [0.2, 0.25) is 0 Å². The van der Waals surface area contributed by atoms with Gasteiger partial charge in [0.25, 0.3) is 0 Å². The van der Waals surface area contributed by atoms with Crippen molar-refractivity contribution in [3.63, 3.8) is 0 Å². The van der Waals surface area contributed by atoms with Gasteiger partial charge in [0.1, 0.15) is 35.5 Å². The molecule has 21 heavy (non-hydrogen) atoms. The normalized spacial score (nSPS) is 11.4. The number of anilines is 1. The first-order valence-electron chi connectivity index (χ1n) is 5.51. The molecule has 0 fully saturated rings. The topological polar surface area (TPSA) is 67.6 Å². The summed E-state index contributed by atoms with van der Waals surface area (Å²) in [5.41, 5.74) is 5.36. The van der Waals surface area contributed by atoms with Crippen molar-refractivity contribution in [1.82, 2.24) is 9.78 Å². The molecule has 9 heteroatoms. The SMILES string of the molecule is N#Cc1c(-c2ccc(Br)c(F)c2)nn(CC(F)(F)F)c1N. The van der Waals surface area contributed by atoms with Gasteiger partial charge in [-0.3, -0.25) is 0 Å². The molecule has 0 amide bonds. The monoisotopic (exact) mass is 362 g/mol. The number of nitrogen functional groups attached to an aromatic ring is 1.